The van der Waals surface area contributed by atoms with E-state index < -0.39 is 0 Å². The molecule has 2 aliphatic rings. The van der Waals surface area contributed by atoms with Crippen LogP contribution in [0.3, 0.4) is 0 Å². The maximum Gasteiger partial charge on any atom is 0.293 e. The van der Waals surface area contributed by atoms with Crippen molar-refractivity contribution in [3.05, 3.63) is 39.9 Å². The highest BCUT2D eigenvalue weighted by molar-refractivity contribution is 6.37. The second kappa shape index (κ2) is 7.18. The molecule has 0 spiro atoms. The molecule has 1 saturated carbocycles. The molecule has 1 saturated heterocycles. The number of halogens is 2. The summed E-state index contributed by atoms with van der Waals surface area (Å²) in [6.07, 6.45) is 4.37. The molecule has 4 rings (SSSR count). The molecule has 1 aliphatic carbocycles. The highest BCUT2D eigenvalue weighted by atomic mass is 35.5. The number of para-hydroxylation sites is 1. The summed E-state index contributed by atoms with van der Waals surface area (Å²) in [7, 11) is 0. The third kappa shape index (κ3) is 3.46. The zero-order valence-corrected chi connectivity index (χ0v) is 16.1. The maximum absolute atomic E-state index is 13.1. The fraction of sp³-hybridized carbons (Fsp3) is 0.500. The van der Waals surface area contributed by atoms with E-state index in [0.29, 0.717) is 40.2 Å². The van der Waals surface area contributed by atoms with Crippen molar-refractivity contribution >= 4 is 29.1 Å². The van der Waals surface area contributed by atoms with Crippen LogP contribution < -0.4 is 5.32 Å². The fourth-order valence-electron chi connectivity index (χ4n) is 3.45. The average Bonchev–Trinajstić information content (AvgIpc) is 3.18. The van der Waals surface area contributed by atoms with E-state index in [0.717, 1.165) is 32.2 Å². The Morgan fingerprint density at radius 3 is 2.65 bits per heavy atom. The Hall–Kier alpha value is -1.63. The highest BCUT2D eigenvalue weighted by Crippen LogP contribution is 2.30. The minimum absolute atomic E-state index is 0.119. The van der Waals surface area contributed by atoms with Crippen molar-refractivity contribution in [1.29, 1.82) is 0 Å². The number of aromatic nitrogens is 3. The van der Waals surface area contributed by atoms with Gasteiger partial charge in [0.25, 0.3) is 5.91 Å². The molecule has 8 heteroatoms. The molecule has 1 amide bonds. The number of hydrogen-bond acceptors (Lipinski definition) is 4. The number of nitrogens with zero attached hydrogens (tertiary/aromatic N) is 4. The Kier molecular flexibility index (Phi) is 4.90. The molecule has 0 bridgehead atoms. The predicted octanol–water partition coefficient (Wildman–Crippen LogP) is 3.24. The van der Waals surface area contributed by atoms with Crippen molar-refractivity contribution in [2.45, 2.75) is 44.7 Å². The molecule has 6 nitrogen and oxygen atoms in total. The number of hydrogen-bond donors (Lipinski definition) is 1. The summed E-state index contributed by atoms with van der Waals surface area (Å²) in [5.41, 5.74) is 0.551. The summed E-state index contributed by atoms with van der Waals surface area (Å²) >= 11 is 12.6. The lowest BCUT2D eigenvalue weighted by molar-refractivity contribution is 0.0716. The topological polar surface area (TPSA) is 63.1 Å². The lowest BCUT2D eigenvalue weighted by Crippen LogP contribution is -2.42. The summed E-state index contributed by atoms with van der Waals surface area (Å²) in [6, 6.07) is 5.93. The third-order valence-electron chi connectivity index (χ3n) is 4.94. The van der Waals surface area contributed by atoms with Crippen molar-refractivity contribution in [3.8, 4) is 5.69 Å². The molecule has 26 heavy (non-hydrogen) atoms. The van der Waals surface area contributed by atoms with Crippen molar-refractivity contribution in [3.63, 3.8) is 0 Å². The van der Waals surface area contributed by atoms with Gasteiger partial charge in [0, 0.05) is 18.6 Å². The van der Waals surface area contributed by atoms with Crippen LogP contribution >= 0.6 is 23.2 Å². The molecule has 1 atom stereocenters. The van der Waals surface area contributed by atoms with Gasteiger partial charge in [0.15, 0.2) is 0 Å². The van der Waals surface area contributed by atoms with E-state index in [9.17, 15) is 4.79 Å². The normalized spacial score (nSPS) is 19.7. The Morgan fingerprint density at radius 2 is 2.04 bits per heavy atom. The number of carbonyl (C=O) groups is 1. The summed E-state index contributed by atoms with van der Waals surface area (Å²) in [5, 5.41) is 8.83. The van der Waals surface area contributed by atoms with Crippen LogP contribution in [0.5, 0.6) is 0 Å². The van der Waals surface area contributed by atoms with Gasteiger partial charge in [0.2, 0.25) is 5.82 Å². The van der Waals surface area contributed by atoms with Crippen LogP contribution in [0, 0.1) is 6.92 Å². The molecule has 2 fully saturated rings. The van der Waals surface area contributed by atoms with Crippen LogP contribution in [0.15, 0.2) is 18.2 Å². The fourth-order valence-corrected chi connectivity index (χ4v) is 4.00. The molecule has 1 N–H and O–H groups in total. The first-order valence-corrected chi connectivity index (χ1v) is 9.72. The predicted molar refractivity (Wildman–Crippen MR) is 101 cm³/mol. The minimum Gasteiger partial charge on any atom is -0.331 e. The Bertz CT molecular complexity index is 807. The maximum atomic E-state index is 13.1. The van der Waals surface area contributed by atoms with Gasteiger partial charge in [-0.3, -0.25) is 4.79 Å². The van der Waals surface area contributed by atoms with Crippen molar-refractivity contribution in [2.24, 2.45) is 0 Å². The molecular formula is C18H21Cl2N5O. The highest BCUT2D eigenvalue weighted by Gasteiger charge is 2.36. The van der Waals surface area contributed by atoms with Gasteiger partial charge in [-0.15, -0.1) is 5.10 Å². The van der Waals surface area contributed by atoms with Crippen LogP contribution in [-0.2, 0) is 0 Å². The summed E-state index contributed by atoms with van der Waals surface area (Å²) in [5.74, 6) is 0.660. The van der Waals surface area contributed by atoms with E-state index in [1.807, 2.05) is 4.90 Å². The number of carbonyl (C=O) groups excluding carboxylic acids is 1. The second-order valence-electron chi connectivity index (χ2n) is 6.95. The first-order valence-electron chi connectivity index (χ1n) is 8.97. The molecule has 1 unspecified atom stereocenters. The molecule has 2 aromatic rings. The number of rotatable bonds is 5. The summed E-state index contributed by atoms with van der Waals surface area (Å²) in [6.45, 7) is 3.53. The molecule has 0 radical (unpaired) electrons. The largest absolute Gasteiger partial charge is 0.331 e. The Labute approximate surface area is 162 Å². The third-order valence-corrected chi connectivity index (χ3v) is 5.55. The van der Waals surface area contributed by atoms with E-state index in [1.54, 1.807) is 29.8 Å². The van der Waals surface area contributed by atoms with E-state index in [-0.39, 0.29) is 11.7 Å². The zero-order chi connectivity index (χ0) is 18.3. The van der Waals surface area contributed by atoms with Crippen molar-refractivity contribution in [1.82, 2.24) is 25.0 Å². The zero-order valence-electron chi connectivity index (χ0n) is 14.6. The molecule has 1 aliphatic heterocycles. The van der Waals surface area contributed by atoms with Gasteiger partial charge in [-0.25, -0.2) is 9.67 Å². The smallest absolute Gasteiger partial charge is 0.293 e. The Morgan fingerprint density at radius 1 is 1.31 bits per heavy atom. The van der Waals surface area contributed by atoms with Crippen LogP contribution in [0.4, 0.5) is 0 Å². The van der Waals surface area contributed by atoms with Gasteiger partial charge in [-0.1, -0.05) is 29.3 Å². The van der Waals surface area contributed by atoms with Crippen molar-refractivity contribution < 1.29 is 4.79 Å². The summed E-state index contributed by atoms with van der Waals surface area (Å²) < 4.78 is 1.55. The van der Waals surface area contributed by atoms with Gasteiger partial charge < -0.3 is 10.2 Å². The number of nitrogens with one attached hydrogen (secondary N) is 1. The minimum atomic E-state index is -0.119. The molecule has 1 aromatic carbocycles. The van der Waals surface area contributed by atoms with E-state index in [1.165, 1.54) is 0 Å². The van der Waals surface area contributed by atoms with Crippen molar-refractivity contribution in [2.75, 3.05) is 13.1 Å². The SMILES string of the molecule is Cc1nc(C(=O)N(CC2CCCN2)C2CC2)nn1-c1c(Cl)cccc1Cl. The molecule has 2 heterocycles. The van der Waals surface area contributed by atoms with Crippen LogP contribution in [0.25, 0.3) is 5.69 Å². The first kappa shape index (κ1) is 17.8. The van der Waals surface area contributed by atoms with Gasteiger partial charge in [0.1, 0.15) is 11.5 Å². The van der Waals surface area contributed by atoms with E-state index in [4.69, 9.17) is 23.2 Å². The Balaban J connectivity index is 1.62. The average molecular weight is 394 g/mol. The standard InChI is InChI=1S/C18H21Cl2N5O/c1-11-22-17(23-25(11)16-14(19)5-2-6-15(16)20)18(26)24(13-7-8-13)10-12-4-3-9-21-12/h2,5-6,12-13,21H,3-4,7-10H2,1H3. The molecule has 138 valence electrons. The lowest BCUT2D eigenvalue weighted by Gasteiger charge is -2.24. The first-order chi connectivity index (χ1) is 12.5. The van der Waals surface area contributed by atoms with Crippen LogP contribution in [0.2, 0.25) is 10.0 Å². The van der Waals surface area contributed by atoms with Crippen LogP contribution in [-0.4, -0.2) is 50.7 Å². The lowest BCUT2D eigenvalue weighted by atomic mass is 10.2. The van der Waals surface area contributed by atoms with E-state index in [2.05, 4.69) is 15.4 Å². The van der Waals surface area contributed by atoms with Gasteiger partial charge in [-0.05, 0) is 51.3 Å². The monoisotopic (exact) mass is 393 g/mol. The number of benzene rings is 1. The summed E-state index contributed by atoms with van der Waals surface area (Å²) in [4.78, 5) is 19.4. The van der Waals surface area contributed by atoms with Gasteiger partial charge in [-0.2, -0.15) is 0 Å². The molecule has 1 aromatic heterocycles. The molecular weight excluding hydrogens is 373 g/mol. The number of aryl methyl sites for hydroxylation is 1. The van der Waals surface area contributed by atoms with Crippen LogP contribution in [0.1, 0.15) is 42.1 Å². The number of amides is 1. The van der Waals surface area contributed by atoms with E-state index >= 15 is 0 Å². The quantitative estimate of drug-likeness (QED) is 0.846. The second-order valence-corrected chi connectivity index (χ2v) is 7.76. The van der Waals surface area contributed by atoms with Gasteiger partial charge >= 0.3 is 0 Å². The van der Waals surface area contributed by atoms with Gasteiger partial charge in [0.05, 0.1) is 10.0 Å².